The van der Waals surface area contributed by atoms with Crippen molar-refractivity contribution in [2.24, 2.45) is 0 Å². The molecule has 0 bridgehead atoms. The zero-order valence-electron chi connectivity index (χ0n) is 10.6. The Balaban J connectivity index is 1.90. The number of hydrogen-bond donors (Lipinski definition) is 2. The highest BCUT2D eigenvalue weighted by atomic mass is 35.5. The third-order valence-electron chi connectivity index (χ3n) is 2.57. The summed E-state index contributed by atoms with van der Waals surface area (Å²) in [6, 6.07) is 3.80. The van der Waals surface area contributed by atoms with Crippen molar-refractivity contribution < 1.29 is 19.1 Å². The smallest absolute Gasteiger partial charge is 0.355 e. The lowest BCUT2D eigenvalue weighted by Crippen LogP contribution is -2.26. The molecule has 0 atom stereocenters. The summed E-state index contributed by atoms with van der Waals surface area (Å²) in [6.45, 7) is 0.230. The van der Waals surface area contributed by atoms with Crippen molar-refractivity contribution in [3.05, 3.63) is 50.7 Å². The van der Waals surface area contributed by atoms with Gasteiger partial charge in [0.2, 0.25) is 0 Å². The number of nitrogens with zero attached hydrogens (tertiary/aromatic N) is 1. The number of benzene rings is 1. The second-order valence-electron chi connectivity index (χ2n) is 4.06. The van der Waals surface area contributed by atoms with Crippen LogP contribution in [0.4, 0.5) is 4.39 Å². The van der Waals surface area contributed by atoms with E-state index in [0.717, 1.165) is 6.07 Å². The van der Waals surface area contributed by atoms with Gasteiger partial charge in [0, 0.05) is 23.4 Å². The van der Waals surface area contributed by atoms with Crippen molar-refractivity contribution in [3.63, 3.8) is 0 Å². The summed E-state index contributed by atoms with van der Waals surface area (Å²) in [7, 11) is 0. The Kier molecular flexibility index (Phi) is 4.87. The fourth-order valence-corrected chi connectivity index (χ4v) is 2.51. The van der Waals surface area contributed by atoms with Gasteiger partial charge in [0.15, 0.2) is 5.69 Å². The van der Waals surface area contributed by atoms with Crippen LogP contribution >= 0.6 is 22.9 Å². The summed E-state index contributed by atoms with van der Waals surface area (Å²) in [5.41, 5.74) is -0.116. The van der Waals surface area contributed by atoms with E-state index in [-0.39, 0.29) is 22.8 Å². The highest BCUT2D eigenvalue weighted by Crippen LogP contribution is 2.14. The normalized spacial score (nSPS) is 10.4. The minimum Gasteiger partial charge on any atom is -0.476 e. The summed E-state index contributed by atoms with van der Waals surface area (Å²) < 4.78 is 13.5. The highest BCUT2D eigenvalue weighted by Gasteiger charge is 2.12. The second-order valence-corrected chi connectivity index (χ2v) is 5.44. The molecule has 2 aromatic rings. The number of carboxylic acid groups (broad SMARTS) is 1. The number of carbonyl (C=O) groups is 2. The molecule has 1 amide bonds. The Hall–Kier alpha value is -1.99. The van der Waals surface area contributed by atoms with Crippen LogP contribution in [0.2, 0.25) is 5.02 Å². The Bertz CT molecular complexity index is 690. The Morgan fingerprint density at radius 1 is 1.43 bits per heavy atom. The van der Waals surface area contributed by atoms with E-state index in [4.69, 9.17) is 16.7 Å². The molecule has 0 unspecified atom stereocenters. The topological polar surface area (TPSA) is 79.3 Å². The molecule has 0 radical (unpaired) electrons. The molecule has 0 saturated heterocycles. The molecule has 2 N–H and O–H groups in total. The third-order valence-corrected chi connectivity index (χ3v) is 3.71. The molecule has 0 aliphatic heterocycles. The molecule has 110 valence electrons. The lowest BCUT2D eigenvalue weighted by atomic mass is 10.2. The Labute approximate surface area is 128 Å². The molecule has 5 nitrogen and oxygen atoms in total. The molecule has 0 aliphatic carbocycles. The number of carbonyl (C=O) groups excluding carboxylic acids is 1. The number of aromatic nitrogens is 1. The van der Waals surface area contributed by atoms with E-state index in [2.05, 4.69) is 10.3 Å². The maximum Gasteiger partial charge on any atom is 0.355 e. The van der Waals surface area contributed by atoms with Gasteiger partial charge in [-0.3, -0.25) is 4.79 Å². The molecule has 21 heavy (non-hydrogen) atoms. The standard InChI is InChI=1S/C13H10ClFN2O3S/c14-7-1-2-8(9(15)5-7)12(18)16-4-3-11-17-10(6-21-11)13(19)20/h1-2,5-6H,3-4H2,(H,16,18)(H,19,20). The fourth-order valence-electron chi connectivity index (χ4n) is 1.58. The van der Waals surface area contributed by atoms with E-state index >= 15 is 0 Å². The first-order chi connectivity index (χ1) is 9.97. The van der Waals surface area contributed by atoms with Crippen LogP contribution in [-0.4, -0.2) is 28.5 Å². The number of aromatic carboxylic acids is 1. The van der Waals surface area contributed by atoms with Crippen LogP contribution in [0.25, 0.3) is 0 Å². The monoisotopic (exact) mass is 328 g/mol. The lowest BCUT2D eigenvalue weighted by Gasteiger charge is -2.05. The third kappa shape index (κ3) is 3.99. The number of halogens is 2. The summed E-state index contributed by atoms with van der Waals surface area (Å²) in [4.78, 5) is 26.3. The summed E-state index contributed by atoms with van der Waals surface area (Å²) in [6.07, 6.45) is 0.374. The quantitative estimate of drug-likeness (QED) is 0.884. The molecule has 2 rings (SSSR count). The van der Waals surface area contributed by atoms with Crippen LogP contribution in [0.5, 0.6) is 0 Å². The van der Waals surface area contributed by atoms with Crippen LogP contribution in [0.3, 0.4) is 0 Å². The zero-order valence-corrected chi connectivity index (χ0v) is 12.2. The molecule has 0 fully saturated rings. The molecule has 1 heterocycles. The van der Waals surface area contributed by atoms with Gasteiger partial charge in [-0.25, -0.2) is 14.2 Å². The second kappa shape index (κ2) is 6.64. The molecular formula is C13H10ClFN2O3S. The van der Waals surface area contributed by atoms with E-state index in [1.807, 2.05) is 0 Å². The van der Waals surface area contributed by atoms with Gasteiger partial charge in [-0.1, -0.05) is 11.6 Å². The molecule has 0 spiro atoms. The predicted octanol–water partition coefficient (Wildman–Crippen LogP) is 2.61. The van der Waals surface area contributed by atoms with E-state index in [1.165, 1.54) is 28.8 Å². The molecule has 1 aromatic heterocycles. The van der Waals surface area contributed by atoms with Crippen molar-refractivity contribution in [2.45, 2.75) is 6.42 Å². The largest absolute Gasteiger partial charge is 0.476 e. The van der Waals surface area contributed by atoms with E-state index in [0.29, 0.717) is 11.4 Å². The minimum absolute atomic E-state index is 0.0231. The van der Waals surface area contributed by atoms with Crippen molar-refractivity contribution in [1.82, 2.24) is 10.3 Å². The SMILES string of the molecule is O=C(O)c1csc(CCNC(=O)c2ccc(Cl)cc2F)n1. The van der Waals surface area contributed by atoms with E-state index in [9.17, 15) is 14.0 Å². The molecule has 1 aromatic carbocycles. The highest BCUT2D eigenvalue weighted by molar-refractivity contribution is 7.09. The van der Waals surface area contributed by atoms with Crippen molar-refractivity contribution in [3.8, 4) is 0 Å². The first kappa shape index (κ1) is 15.4. The van der Waals surface area contributed by atoms with Gasteiger partial charge < -0.3 is 10.4 Å². The van der Waals surface area contributed by atoms with E-state index in [1.54, 1.807) is 0 Å². The average Bonchev–Trinajstić information content (AvgIpc) is 2.87. The van der Waals surface area contributed by atoms with Gasteiger partial charge in [0.05, 0.1) is 10.6 Å². The van der Waals surface area contributed by atoms with Gasteiger partial charge >= 0.3 is 5.97 Å². The summed E-state index contributed by atoms with van der Waals surface area (Å²) >= 11 is 6.80. The Morgan fingerprint density at radius 2 is 2.19 bits per heavy atom. The maximum absolute atomic E-state index is 13.5. The average molecular weight is 329 g/mol. The van der Waals surface area contributed by atoms with Crippen LogP contribution in [-0.2, 0) is 6.42 Å². The number of thiazole rings is 1. The number of carboxylic acids is 1. The molecule has 8 heteroatoms. The van der Waals surface area contributed by atoms with Crippen molar-refractivity contribution >= 4 is 34.8 Å². The predicted molar refractivity (Wildman–Crippen MR) is 76.5 cm³/mol. The fraction of sp³-hybridized carbons (Fsp3) is 0.154. The van der Waals surface area contributed by atoms with Crippen LogP contribution in [0, 0.1) is 5.82 Å². The number of amides is 1. The molecular weight excluding hydrogens is 319 g/mol. The zero-order chi connectivity index (χ0) is 15.4. The first-order valence-corrected chi connectivity index (χ1v) is 7.14. The van der Waals surface area contributed by atoms with Gasteiger partial charge in [0.1, 0.15) is 5.82 Å². The Morgan fingerprint density at radius 3 is 2.81 bits per heavy atom. The maximum atomic E-state index is 13.5. The first-order valence-electron chi connectivity index (χ1n) is 5.88. The van der Waals surface area contributed by atoms with Crippen LogP contribution in [0.15, 0.2) is 23.6 Å². The van der Waals surface area contributed by atoms with Crippen LogP contribution in [0.1, 0.15) is 25.9 Å². The number of hydrogen-bond acceptors (Lipinski definition) is 4. The number of rotatable bonds is 5. The van der Waals surface area contributed by atoms with Gasteiger partial charge in [-0.2, -0.15) is 0 Å². The molecule has 0 saturated carbocycles. The lowest BCUT2D eigenvalue weighted by molar-refractivity contribution is 0.0690. The van der Waals surface area contributed by atoms with Crippen molar-refractivity contribution in [1.29, 1.82) is 0 Å². The van der Waals surface area contributed by atoms with Crippen LogP contribution < -0.4 is 5.32 Å². The van der Waals surface area contributed by atoms with Gasteiger partial charge in [-0.15, -0.1) is 11.3 Å². The number of nitrogens with one attached hydrogen (secondary N) is 1. The van der Waals surface area contributed by atoms with Gasteiger partial charge in [0.25, 0.3) is 5.91 Å². The van der Waals surface area contributed by atoms with Gasteiger partial charge in [-0.05, 0) is 18.2 Å². The minimum atomic E-state index is -1.09. The van der Waals surface area contributed by atoms with E-state index < -0.39 is 17.7 Å². The molecule has 0 aliphatic rings. The summed E-state index contributed by atoms with van der Waals surface area (Å²) in [5, 5.41) is 13.5. The van der Waals surface area contributed by atoms with Crippen molar-refractivity contribution in [2.75, 3.05) is 6.54 Å². The summed E-state index contributed by atoms with van der Waals surface area (Å²) in [5.74, 6) is -2.34.